The molecule has 172 valence electrons. The van der Waals surface area contributed by atoms with E-state index < -0.39 is 5.92 Å². The Kier molecular flexibility index (Phi) is 5.16. The summed E-state index contributed by atoms with van der Waals surface area (Å²) < 4.78 is 29.1. The van der Waals surface area contributed by atoms with Crippen molar-refractivity contribution in [1.29, 1.82) is 0 Å². The van der Waals surface area contributed by atoms with Crippen molar-refractivity contribution < 1.29 is 13.6 Å². The van der Waals surface area contributed by atoms with Crippen LogP contribution in [-0.2, 0) is 17.8 Å². The molecule has 1 fully saturated rings. The number of aromatic nitrogens is 4. The van der Waals surface area contributed by atoms with Gasteiger partial charge in [-0.25, -0.2) is 15.0 Å². The Labute approximate surface area is 194 Å². The van der Waals surface area contributed by atoms with Gasteiger partial charge in [0.05, 0.1) is 16.6 Å². The second-order valence-electron chi connectivity index (χ2n) is 8.49. The minimum atomic E-state index is -3.04. The molecule has 9 heteroatoms. The van der Waals surface area contributed by atoms with Crippen molar-refractivity contribution in [2.75, 3.05) is 17.7 Å². The van der Waals surface area contributed by atoms with Gasteiger partial charge in [-0.3, -0.25) is 4.79 Å². The first-order valence-corrected chi connectivity index (χ1v) is 10.9. The fraction of sp³-hybridized carbons (Fsp3) is 0.280. The number of nitrogens with one attached hydrogen (secondary N) is 2. The molecule has 7 nitrogen and oxygen atoms in total. The second-order valence-corrected chi connectivity index (χ2v) is 8.49. The maximum absolute atomic E-state index is 13.8. The number of anilines is 2. The molecule has 4 aromatic rings. The minimum Gasteiger partial charge on any atom is -0.373 e. The van der Waals surface area contributed by atoms with Crippen molar-refractivity contribution in [1.82, 2.24) is 19.5 Å². The highest BCUT2D eigenvalue weighted by Crippen LogP contribution is 2.31. The van der Waals surface area contributed by atoms with E-state index in [4.69, 9.17) is 0 Å². The molecular formula is C25H22F2N6O. The van der Waals surface area contributed by atoms with Crippen LogP contribution in [0.5, 0.6) is 0 Å². The third-order valence-electron chi connectivity index (χ3n) is 5.82. The van der Waals surface area contributed by atoms with Crippen molar-refractivity contribution in [2.24, 2.45) is 13.0 Å². The molecule has 0 bridgehead atoms. The van der Waals surface area contributed by atoms with Gasteiger partial charge in [-0.1, -0.05) is 11.8 Å². The number of nitrogens with zero attached hydrogens (tertiary/aromatic N) is 4. The number of hydrogen-bond donors (Lipinski definition) is 2. The van der Waals surface area contributed by atoms with E-state index in [0.29, 0.717) is 33.8 Å². The number of amides is 1. The van der Waals surface area contributed by atoms with E-state index in [1.54, 1.807) is 50.8 Å². The van der Waals surface area contributed by atoms with E-state index in [9.17, 15) is 13.6 Å². The summed E-state index contributed by atoms with van der Waals surface area (Å²) in [6.07, 6.45) is 5.13. The number of aryl methyl sites for hydroxylation is 1. The van der Waals surface area contributed by atoms with Gasteiger partial charge in [0, 0.05) is 55.7 Å². The highest BCUT2D eigenvalue weighted by molar-refractivity contribution is 5.99. The van der Waals surface area contributed by atoms with E-state index in [2.05, 4.69) is 37.4 Å². The van der Waals surface area contributed by atoms with Gasteiger partial charge in [0.15, 0.2) is 5.82 Å². The molecule has 3 heterocycles. The molecule has 1 aliphatic rings. The van der Waals surface area contributed by atoms with Crippen molar-refractivity contribution in [3.63, 3.8) is 0 Å². The first-order chi connectivity index (χ1) is 16.2. The highest BCUT2D eigenvalue weighted by Gasteiger charge is 2.31. The standard InChI is InChI=1S/C25H22F2N6O/c1-25(26,27)24-31-19-9-5-14(10-20(19)33(24)3)4-6-16-12-30-22(28-2)18-13-29-21(11-17(16)18)32-23(34)15-7-8-15/h5,9-13,15H,7-8H2,1-3H3,(H,28,30)(H,29,32,34). The number of halogens is 2. The van der Waals surface area contributed by atoms with Crippen LogP contribution < -0.4 is 10.6 Å². The Bertz CT molecular complexity index is 1510. The summed E-state index contributed by atoms with van der Waals surface area (Å²) in [5, 5.41) is 7.48. The van der Waals surface area contributed by atoms with Crippen molar-refractivity contribution in [3.05, 3.63) is 53.6 Å². The zero-order valence-electron chi connectivity index (χ0n) is 18.9. The molecule has 3 aromatic heterocycles. The fourth-order valence-electron chi connectivity index (χ4n) is 3.88. The lowest BCUT2D eigenvalue weighted by molar-refractivity contribution is -0.117. The van der Waals surface area contributed by atoms with E-state index >= 15 is 0 Å². The molecule has 0 saturated heterocycles. The molecule has 1 aromatic carbocycles. The van der Waals surface area contributed by atoms with Gasteiger partial charge >= 0.3 is 5.92 Å². The Balaban J connectivity index is 1.54. The van der Waals surface area contributed by atoms with Gasteiger partial charge in [0.25, 0.3) is 0 Å². The predicted molar refractivity (Wildman–Crippen MR) is 127 cm³/mol. The Morgan fingerprint density at radius 1 is 1.15 bits per heavy atom. The monoisotopic (exact) mass is 460 g/mol. The summed E-state index contributed by atoms with van der Waals surface area (Å²) in [7, 11) is 3.34. The third kappa shape index (κ3) is 4.03. The first-order valence-electron chi connectivity index (χ1n) is 10.9. The molecule has 0 aliphatic heterocycles. The summed E-state index contributed by atoms with van der Waals surface area (Å²) in [5.41, 5.74) is 2.37. The molecule has 2 N–H and O–H groups in total. The van der Waals surface area contributed by atoms with Gasteiger partial charge < -0.3 is 15.2 Å². The van der Waals surface area contributed by atoms with Gasteiger partial charge in [0.1, 0.15) is 11.6 Å². The molecular weight excluding hydrogens is 438 g/mol. The maximum atomic E-state index is 13.8. The summed E-state index contributed by atoms with van der Waals surface area (Å²) in [4.78, 5) is 25.0. The van der Waals surface area contributed by atoms with E-state index in [1.807, 2.05) is 0 Å². The minimum absolute atomic E-state index is 0.0242. The van der Waals surface area contributed by atoms with Crippen molar-refractivity contribution in [2.45, 2.75) is 25.7 Å². The summed E-state index contributed by atoms with van der Waals surface area (Å²) in [6.45, 7) is 0.831. The number of carbonyl (C=O) groups excluding carboxylic acids is 1. The number of hydrogen-bond acceptors (Lipinski definition) is 5. The van der Waals surface area contributed by atoms with Crippen LogP contribution in [-0.4, -0.2) is 32.5 Å². The van der Waals surface area contributed by atoms with Crippen LogP contribution >= 0.6 is 0 Å². The molecule has 0 spiro atoms. The van der Waals surface area contributed by atoms with Crippen molar-refractivity contribution in [3.8, 4) is 11.8 Å². The van der Waals surface area contributed by atoms with Crippen LogP contribution in [0.2, 0.25) is 0 Å². The largest absolute Gasteiger partial charge is 0.373 e. The van der Waals surface area contributed by atoms with Crippen LogP contribution in [0.25, 0.3) is 21.8 Å². The third-order valence-corrected chi connectivity index (χ3v) is 5.82. The average Bonchev–Trinajstić information content (AvgIpc) is 3.61. The van der Waals surface area contributed by atoms with Gasteiger partial charge in [0.2, 0.25) is 5.91 Å². The Morgan fingerprint density at radius 2 is 1.94 bits per heavy atom. The highest BCUT2D eigenvalue weighted by atomic mass is 19.3. The average molecular weight is 460 g/mol. The van der Waals surface area contributed by atoms with Crippen LogP contribution in [0.4, 0.5) is 20.4 Å². The lowest BCUT2D eigenvalue weighted by Crippen LogP contribution is -2.14. The molecule has 0 radical (unpaired) electrons. The molecule has 34 heavy (non-hydrogen) atoms. The molecule has 5 rings (SSSR count). The number of alkyl halides is 2. The lowest BCUT2D eigenvalue weighted by Gasteiger charge is -2.09. The molecule has 1 saturated carbocycles. The van der Waals surface area contributed by atoms with E-state index in [1.165, 1.54) is 4.57 Å². The van der Waals surface area contributed by atoms with Crippen molar-refractivity contribution >= 4 is 39.3 Å². The molecule has 1 amide bonds. The number of fused-ring (bicyclic) bond motifs is 2. The first kappa shape index (κ1) is 21.8. The SMILES string of the molecule is CNc1ncc(C#Cc2ccc3nc(C(C)(F)F)n(C)c3c2)c2cc(NC(=O)C3CC3)ncc12. The number of pyridine rings is 2. The van der Waals surface area contributed by atoms with Gasteiger partial charge in [-0.05, 0) is 37.1 Å². The number of carbonyl (C=O) groups is 1. The van der Waals surface area contributed by atoms with Gasteiger partial charge in [-0.2, -0.15) is 8.78 Å². The predicted octanol–water partition coefficient (Wildman–Crippen LogP) is 4.42. The zero-order chi connectivity index (χ0) is 24.0. The fourth-order valence-corrected chi connectivity index (χ4v) is 3.88. The molecule has 1 aliphatic carbocycles. The smallest absolute Gasteiger partial charge is 0.302 e. The second kappa shape index (κ2) is 8.06. The summed E-state index contributed by atoms with van der Waals surface area (Å²) >= 11 is 0. The van der Waals surface area contributed by atoms with Crippen LogP contribution in [0.3, 0.4) is 0 Å². The maximum Gasteiger partial charge on any atom is 0.302 e. The summed E-state index contributed by atoms with van der Waals surface area (Å²) in [5.74, 6) is 4.05. The Hall–Kier alpha value is -4.06. The molecule has 0 atom stereocenters. The number of benzene rings is 1. The van der Waals surface area contributed by atoms with Crippen LogP contribution in [0, 0.1) is 17.8 Å². The number of rotatable bonds is 4. The topological polar surface area (TPSA) is 84.7 Å². The van der Waals surface area contributed by atoms with Crippen LogP contribution in [0.15, 0.2) is 36.7 Å². The quantitative estimate of drug-likeness (QED) is 0.441. The number of imidazole rings is 1. The van der Waals surface area contributed by atoms with E-state index in [0.717, 1.165) is 30.5 Å². The molecule has 0 unspecified atom stereocenters. The normalized spacial score (nSPS) is 13.6. The van der Waals surface area contributed by atoms with Gasteiger partial charge in [-0.15, -0.1) is 0 Å². The summed E-state index contributed by atoms with van der Waals surface area (Å²) in [6, 6.07) is 6.97. The van der Waals surface area contributed by atoms with Crippen LogP contribution in [0.1, 0.15) is 36.7 Å². The lowest BCUT2D eigenvalue weighted by atomic mass is 10.1. The zero-order valence-corrected chi connectivity index (χ0v) is 18.9. The Morgan fingerprint density at radius 3 is 2.65 bits per heavy atom. The van der Waals surface area contributed by atoms with E-state index in [-0.39, 0.29) is 17.6 Å².